The Morgan fingerprint density at radius 3 is 2.28 bits per heavy atom. The lowest BCUT2D eigenvalue weighted by Gasteiger charge is -2.22. The van der Waals surface area contributed by atoms with Crippen LogP contribution in [0.3, 0.4) is 0 Å². The number of alkyl halides is 3. The lowest BCUT2D eigenvalue weighted by Crippen LogP contribution is -2.43. The molecule has 1 amide bonds. The fraction of sp³-hybridized carbons (Fsp3) is 0.333. The summed E-state index contributed by atoms with van der Waals surface area (Å²) in [6, 6.07) is 4.42. The average molecular weight is 645 g/mol. The van der Waals surface area contributed by atoms with Crippen LogP contribution >= 0.6 is 0 Å². The predicted octanol–water partition coefficient (Wildman–Crippen LogP) is 6.07. The molecule has 0 saturated heterocycles. The predicted molar refractivity (Wildman–Crippen MR) is 164 cm³/mol. The van der Waals surface area contributed by atoms with Gasteiger partial charge in [-0.25, -0.2) is 13.6 Å². The molecule has 0 unspecified atom stereocenters. The summed E-state index contributed by atoms with van der Waals surface area (Å²) in [5.41, 5.74) is 2.74. The van der Waals surface area contributed by atoms with Gasteiger partial charge in [-0.1, -0.05) is 25.1 Å². The summed E-state index contributed by atoms with van der Waals surface area (Å²) in [4.78, 5) is 43.7. The zero-order valence-electron chi connectivity index (χ0n) is 26.0. The van der Waals surface area contributed by atoms with Gasteiger partial charge in [0.25, 0.3) is 11.5 Å². The Balaban J connectivity index is 1.70. The summed E-state index contributed by atoms with van der Waals surface area (Å²) < 4.78 is 75.8. The van der Waals surface area contributed by atoms with Gasteiger partial charge in [0.1, 0.15) is 29.3 Å². The van der Waals surface area contributed by atoms with Crippen LogP contribution in [-0.4, -0.2) is 46.8 Å². The van der Waals surface area contributed by atoms with Crippen molar-refractivity contribution in [3.63, 3.8) is 0 Å². The summed E-state index contributed by atoms with van der Waals surface area (Å²) in [6.45, 7) is 6.88. The second-order valence-electron chi connectivity index (χ2n) is 11.0. The number of nitrogens with one attached hydrogen (secondary N) is 2. The molecule has 2 heterocycles. The Kier molecular flexibility index (Phi) is 9.83. The van der Waals surface area contributed by atoms with E-state index in [1.165, 1.54) is 6.92 Å². The SMILES string of the molecule is CC[C@@H](Nc1cc(F)c(C(=O)N[C@@H](Cc2ccc(-c3c(C)c(C)c(C)n(C)c3=O)c3ncccc23)C(=O)OC)c(F)c1)C(F)(F)F. The van der Waals surface area contributed by atoms with Crippen LogP contribution in [0, 0.1) is 32.4 Å². The Hall–Kier alpha value is -4.81. The van der Waals surface area contributed by atoms with Crippen LogP contribution in [0.1, 0.15) is 46.1 Å². The van der Waals surface area contributed by atoms with Gasteiger partial charge in [0, 0.05) is 42.0 Å². The topological polar surface area (TPSA) is 102 Å². The lowest BCUT2D eigenvalue weighted by atomic mass is 9.92. The smallest absolute Gasteiger partial charge is 0.408 e. The molecule has 2 aromatic heterocycles. The van der Waals surface area contributed by atoms with E-state index in [2.05, 4.69) is 10.3 Å². The van der Waals surface area contributed by atoms with Gasteiger partial charge in [-0.2, -0.15) is 13.2 Å². The van der Waals surface area contributed by atoms with E-state index in [1.807, 2.05) is 26.1 Å². The number of hydrogen-bond acceptors (Lipinski definition) is 6. The zero-order chi connectivity index (χ0) is 34.1. The molecule has 4 aromatic rings. The van der Waals surface area contributed by atoms with Crippen molar-refractivity contribution < 1.29 is 36.3 Å². The number of pyridine rings is 2. The lowest BCUT2D eigenvalue weighted by molar-refractivity contribution is -0.143. The number of fused-ring (bicyclic) bond motifs is 1. The Labute approximate surface area is 261 Å². The van der Waals surface area contributed by atoms with Crippen molar-refractivity contribution in [1.29, 1.82) is 0 Å². The maximum absolute atomic E-state index is 15.0. The molecular weight excluding hydrogens is 611 g/mol. The summed E-state index contributed by atoms with van der Waals surface area (Å²) in [5, 5.41) is 4.88. The van der Waals surface area contributed by atoms with Gasteiger partial charge in [0.05, 0.1) is 18.2 Å². The zero-order valence-corrected chi connectivity index (χ0v) is 26.0. The molecule has 13 heteroatoms. The highest BCUT2D eigenvalue weighted by Crippen LogP contribution is 2.32. The second kappa shape index (κ2) is 13.3. The fourth-order valence-electron chi connectivity index (χ4n) is 5.40. The van der Waals surface area contributed by atoms with Gasteiger partial charge < -0.3 is 19.9 Å². The van der Waals surface area contributed by atoms with Crippen molar-refractivity contribution in [2.24, 2.45) is 7.05 Å². The molecular formula is C33H33F5N4O4. The number of carbonyl (C=O) groups excluding carboxylic acids is 2. The fourth-order valence-corrected chi connectivity index (χ4v) is 5.40. The molecule has 244 valence electrons. The van der Waals surface area contributed by atoms with Crippen LogP contribution in [0.5, 0.6) is 0 Å². The van der Waals surface area contributed by atoms with Crippen LogP contribution < -0.4 is 16.2 Å². The average Bonchev–Trinajstić information content (AvgIpc) is 3.00. The number of ether oxygens (including phenoxy) is 1. The first-order valence-electron chi connectivity index (χ1n) is 14.3. The first-order valence-corrected chi connectivity index (χ1v) is 14.3. The van der Waals surface area contributed by atoms with Gasteiger partial charge in [0.2, 0.25) is 0 Å². The maximum atomic E-state index is 15.0. The number of anilines is 1. The highest BCUT2D eigenvalue weighted by atomic mass is 19.4. The van der Waals surface area contributed by atoms with Gasteiger partial charge in [0.15, 0.2) is 0 Å². The van der Waals surface area contributed by atoms with Crippen LogP contribution in [0.25, 0.3) is 22.0 Å². The van der Waals surface area contributed by atoms with E-state index >= 15 is 0 Å². The van der Waals surface area contributed by atoms with E-state index in [0.29, 0.717) is 39.7 Å². The summed E-state index contributed by atoms with van der Waals surface area (Å²) >= 11 is 0. The maximum Gasteiger partial charge on any atom is 0.408 e. The number of carbonyl (C=O) groups is 2. The van der Waals surface area contributed by atoms with Crippen molar-refractivity contribution in [2.75, 3.05) is 12.4 Å². The summed E-state index contributed by atoms with van der Waals surface area (Å²) in [6.07, 6.45) is -3.70. The van der Waals surface area contributed by atoms with Gasteiger partial charge in [-0.05, 0) is 62.1 Å². The molecule has 2 aromatic carbocycles. The number of benzene rings is 2. The van der Waals surface area contributed by atoms with Gasteiger partial charge in [-0.15, -0.1) is 0 Å². The number of halogens is 5. The van der Waals surface area contributed by atoms with Crippen LogP contribution in [-0.2, 0) is 23.0 Å². The molecule has 2 atom stereocenters. The van der Waals surface area contributed by atoms with Crippen molar-refractivity contribution >= 4 is 28.5 Å². The minimum Gasteiger partial charge on any atom is -0.467 e. The number of methoxy groups -OCH3 is 1. The van der Waals surface area contributed by atoms with E-state index in [-0.39, 0.29) is 12.0 Å². The number of amides is 1. The molecule has 0 spiro atoms. The minimum absolute atomic E-state index is 0.183. The number of aromatic nitrogens is 2. The number of hydrogen-bond donors (Lipinski definition) is 2. The molecule has 0 saturated carbocycles. The summed E-state index contributed by atoms with van der Waals surface area (Å²) in [7, 11) is 2.76. The number of nitrogens with zero attached hydrogens (tertiary/aromatic N) is 2. The number of rotatable bonds is 9. The van der Waals surface area contributed by atoms with Crippen molar-refractivity contribution in [1.82, 2.24) is 14.9 Å². The molecule has 46 heavy (non-hydrogen) atoms. The van der Waals surface area contributed by atoms with Gasteiger partial charge in [-0.3, -0.25) is 14.6 Å². The standard InChI is InChI=1S/C33H33F5N4O4/c1-7-26(33(36,37)38)40-20-14-23(34)28(24(35)15-20)30(43)41-25(32(45)46-6)13-19-10-11-22(29-21(19)9-8-12-39-29)27-17(3)16(2)18(4)42(5)31(27)44/h8-12,14-15,25-26,40H,7,13H2,1-6H3,(H,41,43)/t25-,26+/m0/s1. The third-order valence-electron chi connectivity index (χ3n) is 8.26. The van der Waals surface area contributed by atoms with Crippen molar-refractivity contribution in [2.45, 2.75) is 58.8 Å². The Morgan fingerprint density at radius 2 is 1.70 bits per heavy atom. The van der Waals surface area contributed by atoms with E-state index in [1.54, 1.807) is 42.1 Å². The third kappa shape index (κ3) is 6.58. The van der Waals surface area contributed by atoms with Gasteiger partial charge >= 0.3 is 12.1 Å². The van der Waals surface area contributed by atoms with E-state index in [9.17, 15) is 36.3 Å². The van der Waals surface area contributed by atoms with Crippen molar-refractivity contribution in [3.8, 4) is 11.1 Å². The van der Waals surface area contributed by atoms with E-state index in [0.717, 1.165) is 23.9 Å². The third-order valence-corrected chi connectivity index (χ3v) is 8.26. The largest absolute Gasteiger partial charge is 0.467 e. The quantitative estimate of drug-likeness (QED) is 0.170. The first-order chi connectivity index (χ1) is 21.6. The Morgan fingerprint density at radius 1 is 1.04 bits per heavy atom. The highest BCUT2D eigenvalue weighted by Gasteiger charge is 2.38. The molecule has 0 fully saturated rings. The molecule has 0 aliphatic carbocycles. The minimum atomic E-state index is -4.67. The molecule has 0 radical (unpaired) electrons. The summed E-state index contributed by atoms with van der Waals surface area (Å²) in [5.74, 6) is -5.08. The molecule has 8 nitrogen and oxygen atoms in total. The first kappa shape index (κ1) is 34.1. The highest BCUT2D eigenvalue weighted by molar-refractivity contribution is 5.99. The Bertz CT molecular complexity index is 1860. The molecule has 4 rings (SSSR count). The molecule has 0 aliphatic heterocycles. The van der Waals surface area contributed by atoms with Crippen molar-refractivity contribution in [3.05, 3.63) is 92.5 Å². The van der Waals surface area contributed by atoms with Crippen LogP contribution in [0.4, 0.5) is 27.6 Å². The van der Waals surface area contributed by atoms with Crippen LogP contribution in [0.15, 0.2) is 47.4 Å². The van der Waals surface area contributed by atoms with Crippen LogP contribution in [0.2, 0.25) is 0 Å². The molecule has 0 bridgehead atoms. The molecule has 2 N–H and O–H groups in total. The monoisotopic (exact) mass is 644 g/mol. The van der Waals surface area contributed by atoms with E-state index in [4.69, 9.17) is 4.74 Å². The normalized spacial score (nSPS) is 12.9. The second-order valence-corrected chi connectivity index (χ2v) is 11.0. The van der Waals surface area contributed by atoms with E-state index < -0.39 is 59.4 Å². The number of esters is 1. The molecule has 0 aliphatic rings.